The Bertz CT molecular complexity index is 741. The number of pyridine rings is 2. The van der Waals surface area contributed by atoms with E-state index in [9.17, 15) is 4.79 Å². The van der Waals surface area contributed by atoms with E-state index in [2.05, 4.69) is 9.97 Å². The van der Waals surface area contributed by atoms with Crippen LogP contribution in [0.15, 0.2) is 36.8 Å². The molecule has 0 unspecified atom stereocenters. The number of ether oxygens (including phenoxy) is 1. The summed E-state index contributed by atoms with van der Waals surface area (Å²) in [7, 11) is 0. The fraction of sp³-hybridized carbons (Fsp3) is 0.421. The zero-order valence-corrected chi connectivity index (χ0v) is 13.6. The number of rotatable bonds is 3. The van der Waals surface area contributed by atoms with Gasteiger partial charge in [0.1, 0.15) is 6.10 Å². The van der Waals surface area contributed by atoms with Gasteiger partial charge in [0.25, 0.3) is 5.91 Å². The van der Waals surface area contributed by atoms with E-state index in [1.54, 1.807) is 35.6 Å². The van der Waals surface area contributed by atoms with Crippen LogP contribution in [0.5, 0.6) is 5.88 Å². The first-order chi connectivity index (χ1) is 11.8. The third-order valence-electron chi connectivity index (χ3n) is 4.85. The minimum Gasteiger partial charge on any atom is -0.474 e. The fourth-order valence-corrected chi connectivity index (χ4v) is 3.55. The molecule has 0 spiro atoms. The molecule has 0 bridgehead atoms. The van der Waals surface area contributed by atoms with Crippen LogP contribution in [0, 0.1) is 0 Å². The summed E-state index contributed by atoms with van der Waals surface area (Å²) >= 11 is 0. The lowest BCUT2D eigenvalue weighted by Gasteiger charge is -2.22. The highest BCUT2D eigenvalue weighted by atomic mass is 16.5. The topological polar surface area (TPSA) is 55.3 Å². The molecule has 2 aromatic heterocycles. The molecule has 2 aromatic rings. The van der Waals surface area contributed by atoms with Crippen LogP contribution in [0.4, 0.5) is 5.69 Å². The van der Waals surface area contributed by atoms with Crippen molar-refractivity contribution >= 4 is 11.6 Å². The summed E-state index contributed by atoms with van der Waals surface area (Å²) in [5, 5.41) is 0. The Morgan fingerprint density at radius 1 is 1.17 bits per heavy atom. The highest BCUT2D eigenvalue weighted by Crippen LogP contribution is 2.29. The molecule has 5 heteroatoms. The molecule has 1 saturated carbocycles. The predicted octanol–water partition coefficient (Wildman–Crippen LogP) is 3.39. The number of fused-ring (bicyclic) bond motifs is 1. The van der Waals surface area contributed by atoms with Gasteiger partial charge in [0.15, 0.2) is 0 Å². The number of nitrogens with zero attached hydrogens (tertiary/aromatic N) is 3. The minimum atomic E-state index is -0.0161. The molecule has 3 heterocycles. The molecular formula is C19H21N3O2. The molecule has 5 nitrogen and oxygen atoms in total. The average Bonchev–Trinajstić information content (AvgIpc) is 3.06. The molecule has 0 saturated heterocycles. The normalized spacial score (nSPS) is 17.6. The van der Waals surface area contributed by atoms with Crippen molar-refractivity contribution in [2.45, 2.75) is 44.6 Å². The van der Waals surface area contributed by atoms with Gasteiger partial charge in [-0.1, -0.05) is 6.42 Å². The zero-order chi connectivity index (χ0) is 16.4. The van der Waals surface area contributed by atoms with E-state index in [0.29, 0.717) is 18.0 Å². The van der Waals surface area contributed by atoms with Gasteiger partial charge in [-0.2, -0.15) is 0 Å². The van der Waals surface area contributed by atoms with Gasteiger partial charge in [-0.3, -0.25) is 9.78 Å². The molecule has 24 heavy (non-hydrogen) atoms. The van der Waals surface area contributed by atoms with Gasteiger partial charge < -0.3 is 9.64 Å². The second-order valence-corrected chi connectivity index (χ2v) is 6.47. The molecule has 124 valence electrons. The number of anilines is 1. The summed E-state index contributed by atoms with van der Waals surface area (Å²) in [5.74, 6) is 0.538. The van der Waals surface area contributed by atoms with Crippen molar-refractivity contribution in [3.05, 3.63) is 47.9 Å². The van der Waals surface area contributed by atoms with E-state index >= 15 is 0 Å². The highest BCUT2D eigenvalue weighted by molar-refractivity contribution is 6.07. The maximum absolute atomic E-state index is 12.9. The first kappa shape index (κ1) is 15.1. The zero-order valence-electron chi connectivity index (χ0n) is 13.6. The van der Waals surface area contributed by atoms with Gasteiger partial charge in [-0.25, -0.2) is 4.98 Å². The van der Waals surface area contributed by atoms with Crippen LogP contribution in [-0.2, 0) is 6.42 Å². The van der Waals surface area contributed by atoms with Crippen LogP contribution in [0.25, 0.3) is 0 Å². The second-order valence-electron chi connectivity index (χ2n) is 6.47. The Labute approximate surface area is 141 Å². The molecule has 0 aromatic carbocycles. The quantitative estimate of drug-likeness (QED) is 0.869. The number of hydrogen-bond acceptors (Lipinski definition) is 4. The number of carbonyl (C=O) groups excluding carboxylic acids is 1. The minimum absolute atomic E-state index is 0.0161. The molecule has 0 radical (unpaired) electrons. The number of aromatic nitrogens is 2. The van der Waals surface area contributed by atoms with E-state index in [1.165, 1.54) is 24.8 Å². The number of carbonyl (C=O) groups is 1. The van der Waals surface area contributed by atoms with Gasteiger partial charge in [-0.05, 0) is 49.8 Å². The van der Waals surface area contributed by atoms with Crippen LogP contribution in [0.1, 0.15) is 48.0 Å². The maximum atomic E-state index is 12.9. The molecule has 2 aliphatic rings. The lowest BCUT2D eigenvalue weighted by Crippen LogP contribution is -2.29. The van der Waals surface area contributed by atoms with E-state index in [4.69, 9.17) is 4.74 Å². The Hall–Kier alpha value is -2.43. The van der Waals surface area contributed by atoms with Gasteiger partial charge in [0.05, 0.1) is 11.9 Å². The Morgan fingerprint density at radius 3 is 2.92 bits per heavy atom. The third kappa shape index (κ3) is 2.98. The fourth-order valence-electron chi connectivity index (χ4n) is 3.55. The Morgan fingerprint density at radius 2 is 2.04 bits per heavy atom. The number of amides is 1. The molecule has 1 amide bonds. The van der Waals surface area contributed by atoms with Crippen molar-refractivity contribution in [1.29, 1.82) is 0 Å². The third-order valence-corrected chi connectivity index (χ3v) is 4.85. The van der Waals surface area contributed by atoms with E-state index < -0.39 is 0 Å². The summed E-state index contributed by atoms with van der Waals surface area (Å²) in [5.41, 5.74) is 2.70. The number of hydrogen-bond donors (Lipinski definition) is 0. The monoisotopic (exact) mass is 323 g/mol. The summed E-state index contributed by atoms with van der Waals surface area (Å²) in [4.78, 5) is 23.1. The van der Waals surface area contributed by atoms with Crippen molar-refractivity contribution in [2.75, 3.05) is 11.4 Å². The van der Waals surface area contributed by atoms with Crippen LogP contribution in [0.3, 0.4) is 0 Å². The van der Waals surface area contributed by atoms with E-state index in [-0.39, 0.29) is 12.0 Å². The average molecular weight is 323 g/mol. The lowest BCUT2D eigenvalue weighted by atomic mass is 9.98. The van der Waals surface area contributed by atoms with Gasteiger partial charge >= 0.3 is 0 Å². The van der Waals surface area contributed by atoms with Gasteiger partial charge in [-0.15, -0.1) is 0 Å². The van der Waals surface area contributed by atoms with Crippen LogP contribution >= 0.6 is 0 Å². The standard InChI is InChI=1S/C19H21N3O2/c23-19(22-11-8-14-6-9-20-13-17(14)22)15-7-10-21-18(12-15)24-16-4-2-1-3-5-16/h6-7,9-10,12-13,16H,1-5,8,11H2. The summed E-state index contributed by atoms with van der Waals surface area (Å²) < 4.78 is 5.98. The smallest absolute Gasteiger partial charge is 0.258 e. The van der Waals surface area contributed by atoms with E-state index in [1.807, 2.05) is 6.07 Å². The van der Waals surface area contributed by atoms with Gasteiger partial charge in [0, 0.05) is 30.6 Å². The summed E-state index contributed by atoms with van der Waals surface area (Å²) in [6, 6.07) is 5.50. The highest BCUT2D eigenvalue weighted by Gasteiger charge is 2.26. The second kappa shape index (κ2) is 6.59. The molecular weight excluding hydrogens is 302 g/mol. The first-order valence-electron chi connectivity index (χ1n) is 8.69. The van der Waals surface area contributed by atoms with Crippen molar-refractivity contribution in [3.8, 4) is 5.88 Å². The molecule has 1 aliphatic carbocycles. The molecule has 4 rings (SSSR count). The lowest BCUT2D eigenvalue weighted by molar-refractivity contribution is 0.0987. The van der Waals surface area contributed by atoms with E-state index in [0.717, 1.165) is 24.9 Å². The van der Waals surface area contributed by atoms with Crippen molar-refractivity contribution in [1.82, 2.24) is 9.97 Å². The van der Waals surface area contributed by atoms with Gasteiger partial charge in [0.2, 0.25) is 5.88 Å². The van der Waals surface area contributed by atoms with Crippen molar-refractivity contribution in [2.24, 2.45) is 0 Å². The Balaban J connectivity index is 1.52. The molecule has 1 aliphatic heterocycles. The Kier molecular flexibility index (Phi) is 4.15. The van der Waals surface area contributed by atoms with Crippen molar-refractivity contribution < 1.29 is 9.53 Å². The predicted molar refractivity (Wildman–Crippen MR) is 91.4 cm³/mol. The van der Waals surface area contributed by atoms with Crippen molar-refractivity contribution in [3.63, 3.8) is 0 Å². The van der Waals surface area contributed by atoms with Crippen LogP contribution < -0.4 is 9.64 Å². The first-order valence-corrected chi connectivity index (χ1v) is 8.69. The molecule has 0 N–H and O–H groups in total. The van der Waals surface area contributed by atoms with Crippen LogP contribution in [0.2, 0.25) is 0 Å². The molecule has 1 fully saturated rings. The largest absolute Gasteiger partial charge is 0.474 e. The molecule has 0 atom stereocenters. The summed E-state index contributed by atoms with van der Waals surface area (Å²) in [6.07, 6.45) is 12.2. The SMILES string of the molecule is O=C(c1ccnc(OC2CCCCC2)c1)N1CCc2ccncc21. The van der Waals surface area contributed by atoms with Crippen LogP contribution in [-0.4, -0.2) is 28.5 Å². The maximum Gasteiger partial charge on any atom is 0.258 e. The summed E-state index contributed by atoms with van der Waals surface area (Å²) in [6.45, 7) is 0.695.